The molecule has 6 nitrogen and oxygen atoms in total. The summed E-state index contributed by atoms with van der Waals surface area (Å²) in [6.45, 7) is 3.27. The molecule has 2 amide bonds. The Labute approximate surface area is 125 Å². The van der Waals surface area contributed by atoms with Gasteiger partial charge < -0.3 is 15.4 Å². The predicted octanol–water partition coefficient (Wildman–Crippen LogP) is 0.379. The van der Waals surface area contributed by atoms with Crippen LogP contribution in [0.25, 0.3) is 0 Å². The van der Waals surface area contributed by atoms with Crippen LogP contribution in [0, 0.1) is 0 Å². The molecule has 0 radical (unpaired) electrons. The van der Waals surface area contributed by atoms with Crippen LogP contribution in [0.3, 0.4) is 0 Å². The number of rotatable bonds is 8. The second kappa shape index (κ2) is 8.97. The second-order valence-corrected chi connectivity index (χ2v) is 4.75. The summed E-state index contributed by atoms with van der Waals surface area (Å²) in [6, 6.07) is 7.70. The molecule has 0 fully saturated rings. The van der Waals surface area contributed by atoms with Crippen molar-refractivity contribution in [3.63, 3.8) is 0 Å². The van der Waals surface area contributed by atoms with E-state index in [1.807, 2.05) is 43.1 Å². The highest BCUT2D eigenvalue weighted by Gasteiger charge is 2.09. The minimum absolute atomic E-state index is 0.0136. The molecule has 116 valence electrons. The average Bonchev–Trinajstić information content (AvgIpc) is 2.45. The lowest BCUT2D eigenvalue weighted by molar-refractivity contribution is -0.126. The minimum Gasteiger partial charge on any atom is -0.497 e. The van der Waals surface area contributed by atoms with E-state index in [9.17, 15) is 9.59 Å². The van der Waals surface area contributed by atoms with Gasteiger partial charge in [-0.15, -0.1) is 0 Å². The SMILES string of the molecule is CCNC(=O)CNC(=O)CN(C)Cc1cccc(OC)c1. The van der Waals surface area contributed by atoms with Crippen LogP contribution in [0.1, 0.15) is 12.5 Å². The van der Waals surface area contributed by atoms with Crippen LogP contribution in [-0.2, 0) is 16.1 Å². The van der Waals surface area contributed by atoms with Crippen LogP contribution >= 0.6 is 0 Å². The van der Waals surface area contributed by atoms with Crippen molar-refractivity contribution in [1.29, 1.82) is 0 Å². The van der Waals surface area contributed by atoms with Crippen LogP contribution in [0.4, 0.5) is 0 Å². The van der Waals surface area contributed by atoms with Crippen molar-refractivity contribution in [3.05, 3.63) is 29.8 Å². The molecule has 0 atom stereocenters. The summed E-state index contributed by atoms with van der Waals surface area (Å²) in [7, 11) is 3.47. The first-order valence-electron chi connectivity index (χ1n) is 6.90. The Kier molecular flexibility index (Phi) is 7.25. The lowest BCUT2D eigenvalue weighted by Gasteiger charge is -2.16. The number of nitrogens with one attached hydrogen (secondary N) is 2. The Morgan fingerprint density at radius 1 is 1.24 bits per heavy atom. The second-order valence-electron chi connectivity index (χ2n) is 4.75. The number of carbonyl (C=O) groups excluding carboxylic acids is 2. The number of hydrogen-bond acceptors (Lipinski definition) is 4. The molecule has 2 N–H and O–H groups in total. The molecule has 0 saturated heterocycles. The fraction of sp³-hybridized carbons (Fsp3) is 0.467. The molecule has 0 aliphatic heterocycles. The summed E-state index contributed by atoms with van der Waals surface area (Å²) in [6.07, 6.45) is 0. The topological polar surface area (TPSA) is 70.7 Å². The highest BCUT2D eigenvalue weighted by Crippen LogP contribution is 2.13. The van der Waals surface area contributed by atoms with Gasteiger partial charge in [-0.1, -0.05) is 12.1 Å². The Balaban J connectivity index is 2.36. The Hall–Kier alpha value is -2.08. The molecule has 6 heteroatoms. The maximum absolute atomic E-state index is 11.7. The smallest absolute Gasteiger partial charge is 0.239 e. The van der Waals surface area contributed by atoms with Crippen LogP contribution < -0.4 is 15.4 Å². The number of ether oxygens (including phenoxy) is 1. The predicted molar refractivity (Wildman–Crippen MR) is 81.0 cm³/mol. The van der Waals surface area contributed by atoms with Gasteiger partial charge >= 0.3 is 0 Å². The van der Waals surface area contributed by atoms with E-state index in [-0.39, 0.29) is 24.9 Å². The molecule has 1 aromatic rings. The zero-order valence-electron chi connectivity index (χ0n) is 12.8. The van der Waals surface area contributed by atoms with Crippen molar-refractivity contribution < 1.29 is 14.3 Å². The first-order chi connectivity index (χ1) is 10.0. The van der Waals surface area contributed by atoms with E-state index in [1.54, 1.807) is 7.11 Å². The number of methoxy groups -OCH3 is 1. The molecule has 0 aromatic heterocycles. The molecule has 0 aliphatic rings. The largest absolute Gasteiger partial charge is 0.497 e. The van der Waals surface area contributed by atoms with Gasteiger partial charge in [0.25, 0.3) is 0 Å². The van der Waals surface area contributed by atoms with Crippen molar-refractivity contribution in [1.82, 2.24) is 15.5 Å². The van der Waals surface area contributed by atoms with Gasteiger partial charge in [-0.3, -0.25) is 14.5 Å². The van der Waals surface area contributed by atoms with Crippen molar-refractivity contribution in [2.45, 2.75) is 13.5 Å². The number of likely N-dealkylation sites (N-methyl/N-ethyl adjacent to an activating group) is 2. The number of hydrogen-bond donors (Lipinski definition) is 2. The van der Waals surface area contributed by atoms with E-state index < -0.39 is 0 Å². The van der Waals surface area contributed by atoms with Gasteiger partial charge in [-0.25, -0.2) is 0 Å². The molecule has 0 saturated carbocycles. The summed E-state index contributed by atoms with van der Waals surface area (Å²) < 4.78 is 5.16. The van der Waals surface area contributed by atoms with Gasteiger partial charge in [0.1, 0.15) is 5.75 Å². The van der Waals surface area contributed by atoms with Crippen molar-refractivity contribution in [2.24, 2.45) is 0 Å². The molecule has 1 aromatic carbocycles. The average molecular weight is 293 g/mol. The molecule has 0 heterocycles. The first kappa shape index (κ1) is 17.0. The van der Waals surface area contributed by atoms with Gasteiger partial charge in [-0.2, -0.15) is 0 Å². The third-order valence-corrected chi connectivity index (χ3v) is 2.82. The van der Waals surface area contributed by atoms with E-state index >= 15 is 0 Å². The Morgan fingerprint density at radius 2 is 2.00 bits per heavy atom. The molecule has 1 rings (SSSR count). The van der Waals surface area contributed by atoms with Crippen molar-refractivity contribution >= 4 is 11.8 Å². The zero-order chi connectivity index (χ0) is 15.7. The van der Waals surface area contributed by atoms with E-state index in [1.165, 1.54) is 0 Å². The quantitative estimate of drug-likeness (QED) is 0.727. The fourth-order valence-electron chi connectivity index (χ4n) is 1.88. The van der Waals surface area contributed by atoms with Gasteiger partial charge in [0, 0.05) is 13.1 Å². The van der Waals surface area contributed by atoms with E-state index in [0.29, 0.717) is 13.1 Å². The summed E-state index contributed by atoms with van der Waals surface area (Å²) in [5, 5.41) is 5.21. The lowest BCUT2D eigenvalue weighted by Crippen LogP contribution is -2.41. The maximum atomic E-state index is 11.7. The van der Waals surface area contributed by atoms with Gasteiger partial charge in [-0.05, 0) is 31.7 Å². The number of carbonyl (C=O) groups is 2. The standard InChI is InChI=1S/C15H23N3O3/c1-4-16-14(19)9-17-15(20)11-18(2)10-12-6-5-7-13(8-12)21-3/h5-8H,4,9-11H2,1-3H3,(H,16,19)(H,17,20). The normalized spacial score (nSPS) is 10.3. The maximum Gasteiger partial charge on any atom is 0.239 e. The molecular weight excluding hydrogens is 270 g/mol. The molecule has 21 heavy (non-hydrogen) atoms. The molecule has 0 spiro atoms. The summed E-state index contributed by atoms with van der Waals surface area (Å²) in [5.41, 5.74) is 1.06. The van der Waals surface area contributed by atoms with E-state index in [2.05, 4.69) is 10.6 Å². The van der Waals surface area contributed by atoms with Crippen molar-refractivity contribution in [3.8, 4) is 5.75 Å². The fourth-order valence-corrected chi connectivity index (χ4v) is 1.88. The summed E-state index contributed by atoms with van der Waals surface area (Å²) in [4.78, 5) is 24.8. The zero-order valence-corrected chi connectivity index (χ0v) is 12.8. The monoisotopic (exact) mass is 293 g/mol. The number of nitrogens with zero attached hydrogens (tertiary/aromatic N) is 1. The van der Waals surface area contributed by atoms with Crippen LogP contribution in [-0.4, -0.2) is 50.5 Å². The Bertz CT molecular complexity index is 477. The van der Waals surface area contributed by atoms with Crippen molar-refractivity contribution in [2.75, 3.05) is 33.8 Å². The van der Waals surface area contributed by atoms with Gasteiger partial charge in [0.05, 0.1) is 20.2 Å². The van der Waals surface area contributed by atoms with Gasteiger partial charge in [0.15, 0.2) is 0 Å². The molecule has 0 unspecified atom stereocenters. The third-order valence-electron chi connectivity index (χ3n) is 2.82. The Morgan fingerprint density at radius 3 is 2.67 bits per heavy atom. The number of benzene rings is 1. The lowest BCUT2D eigenvalue weighted by atomic mass is 10.2. The van der Waals surface area contributed by atoms with E-state index in [0.717, 1.165) is 11.3 Å². The van der Waals surface area contributed by atoms with E-state index in [4.69, 9.17) is 4.74 Å². The number of amides is 2. The van der Waals surface area contributed by atoms with Crippen LogP contribution in [0.5, 0.6) is 5.75 Å². The highest BCUT2D eigenvalue weighted by atomic mass is 16.5. The summed E-state index contributed by atoms with van der Waals surface area (Å²) >= 11 is 0. The summed E-state index contributed by atoms with van der Waals surface area (Å²) in [5.74, 6) is 0.439. The minimum atomic E-state index is -0.179. The van der Waals surface area contributed by atoms with Gasteiger partial charge in [0.2, 0.25) is 11.8 Å². The van der Waals surface area contributed by atoms with Crippen LogP contribution in [0.2, 0.25) is 0 Å². The molecule has 0 bridgehead atoms. The first-order valence-corrected chi connectivity index (χ1v) is 6.90. The third kappa shape index (κ3) is 6.76. The van der Waals surface area contributed by atoms with Crippen LogP contribution in [0.15, 0.2) is 24.3 Å². The molecular formula is C15H23N3O3. The highest BCUT2D eigenvalue weighted by molar-refractivity contribution is 5.85. The molecule has 0 aliphatic carbocycles.